The predicted molar refractivity (Wildman–Crippen MR) is 196 cm³/mol. The van der Waals surface area contributed by atoms with E-state index in [-0.39, 0.29) is 0 Å². The third-order valence-corrected chi connectivity index (χ3v) is 12.7. The quantitative estimate of drug-likeness (QED) is 0.117. The lowest BCUT2D eigenvalue weighted by Gasteiger charge is -2.50. The minimum absolute atomic E-state index is 0.999. The van der Waals surface area contributed by atoms with Crippen LogP contribution in [0.5, 0.6) is 0 Å². The van der Waals surface area contributed by atoms with Gasteiger partial charge in [-0.3, -0.25) is 0 Å². The van der Waals surface area contributed by atoms with Crippen LogP contribution >= 0.6 is 0 Å². The molecule has 22 fully saturated rings. The summed E-state index contributed by atoms with van der Waals surface area (Å²) >= 11 is 0. The minimum Gasteiger partial charge on any atom is -0.394 e. The van der Waals surface area contributed by atoms with Crippen LogP contribution in [0.15, 0.2) is 0 Å². The van der Waals surface area contributed by atoms with Gasteiger partial charge in [-0.15, -0.1) is 0 Å². The topological polar surface area (TPSA) is 475 Å². The van der Waals surface area contributed by atoms with Crippen molar-refractivity contribution in [1.29, 1.82) is 0 Å². The Bertz CT molecular complexity index is 1230. The van der Waals surface area contributed by atoms with Gasteiger partial charge < -0.3 is 149 Å². The summed E-state index contributed by atoms with van der Waals surface area (Å²) < 4.78 is 67.9. The van der Waals surface area contributed by atoms with Crippen molar-refractivity contribution in [2.45, 2.75) is 184 Å². The zero-order valence-corrected chi connectivity index (χ0v) is 34.5. The largest absolute Gasteiger partial charge is 0.394 e. The molecule has 22 aliphatic heterocycles. The van der Waals surface area contributed by atoms with Crippen molar-refractivity contribution in [2.24, 2.45) is 0 Å². The Morgan fingerprint density at radius 2 is 0.303 bits per heavy atom. The second-order valence-corrected chi connectivity index (χ2v) is 16.8. The molecule has 0 amide bonds. The lowest BCUT2D eigenvalue weighted by atomic mass is 9.94. The summed E-state index contributed by atoms with van der Waals surface area (Å²) in [4.78, 5) is 0. The van der Waals surface area contributed by atoms with Crippen molar-refractivity contribution in [3.63, 3.8) is 0 Å². The Morgan fingerprint density at radius 3 is 0.409 bits per heavy atom. The van der Waals surface area contributed by atoms with Gasteiger partial charge in [0.25, 0.3) is 0 Å². The van der Waals surface area contributed by atoms with Crippen LogP contribution in [0.3, 0.4) is 0 Å². The first-order valence-electron chi connectivity index (χ1n) is 21.1. The molecule has 0 saturated carbocycles. The average molecular weight is 973 g/mol. The zero-order valence-electron chi connectivity index (χ0n) is 34.5. The highest BCUT2D eigenvalue weighted by molar-refractivity contribution is 5.01. The number of aliphatic hydroxyl groups is 18. The molecule has 30 atom stereocenters. The maximum absolute atomic E-state index is 11.2. The van der Waals surface area contributed by atoms with Gasteiger partial charge in [0.2, 0.25) is 0 Å². The Labute approximate surface area is 372 Å². The second kappa shape index (κ2) is 22.1. The molecular weight excluding hydrogens is 912 g/mol. The number of hydrogen-bond donors (Lipinski definition) is 18. The molecule has 30 nitrogen and oxygen atoms in total. The molecule has 0 unspecified atom stereocenters. The number of aliphatic hydroxyl groups excluding tert-OH is 18. The summed E-state index contributed by atoms with van der Waals surface area (Å²) in [6, 6.07) is 0. The van der Waals surface area contributed by atoms with Gasteiger partial charge in [0.15, 0.2) is 37.7 Å². The maximum Gasteiger partial charge on any atom is 0.187 e. The van der Waals surface area contributed by atoms with Crippen molar-refractivity contribution in [1.82, 2.24) is 0 Å². The summed E-state index contributed by atoms with van der Waals surface area (Å²) in [6.07, 6.45) is -58.5. The molecule has 22 saturated heterocycles. The Kier molecular flexibility index (Phi) is 17.6. The SMILES string of the molecule is OC[C@@H]1O[C@H]2O[C@@H]3[C@@H](O)[C@@H](O)[C@H](O[C@@H]4[C@@H](O)[C@@H](O)[C@H](O[C@@H]5[C@@H](O)[C@@H](O)[C@H](O[C@@H]6[C@@H](O)[C@@H](O)[C@H](O[C@H]7[C@H](O)[C@H](O)[C@H](O[C@@H]1[C@@H](O)[C@@H]2O)O[C@H]7CO)O[C@H]6CO)O[C@H]5CO)O[C@H]4CO)O[C@H]3CO. The summed E-state index contributed by atoms with van der Waals surface area (Å²) in [5.74, 6) is 0. The predicted octanol–water partition coefficient (Wildman–Crippen LogP) is -13.1. The number of hydrogen-bond acceptors (Lipinski definition) is 30. The van der Waals surface area contributed by atoms with Gasteiger partial charge in [0.1, 0.15) is 146 Å². The van der Waals surface area contributed by atoms with Gasteiger partial charge in [-0.2, -0.15) is 0 Å². The van der Waals surface area contributed by atoms with Crippen LogP contribution in [-0.2, 0) is 56.8 Å². The lowest BCUT2D eigenvalue weighted by Crippen LogP contribution is -2.69. The highest BCUT2D eigenvalue weighted by Gasteiger charge is 2.58. The van der Waals surface area contributed by atoms with E-state index in [1.807, 2.05) is 0 Å². The first-order chi connectivity index (χ1) is 31.4. The van der Waals surface area contributed by atoms with Gasteiger partial charge in [-0.05, 0) is 0 Å². The van der Waals surface area contributed by atoms with E-state index in [1.54, 1.807) is 0 Å². The monoisotopic (exact) mass is 972 g/mol. The molecule has 0 spiro atoms. The molecule has 30 heteroatoms. The third kappa shape index (κ3) is 10.0. The molecule has 0 aromatic rings. The first kappa shape index (κ1) is 52.6. The fourth-order valence-corrected chi connectivity index (χ4v) is 8.93. The van der Waals surface area contributed by atoms with Crippen LogP contribution in [0.1, 0.15) is 0 Å². The van der Waals surface area contributed by atoms with Crippen LogP contribution < -0.4 is 0 Å². The molecule has 384 valence electrons. The van der Waals surface area contributed by atoms with E-state index >= 15 is 0 Å². The van der Waals surface area contributed by atoms with Gasteiger partial charge in [0.05, 0.1) is 39.6 Å². The van der Waals surface area contributed by atoms with Crippen molar-refractivity contribution in [3.05, 3.63) is 0 Å². The van der Waals surface area contributed by atoms with E-state index < -0.39 is 224 Å². The smallest absolute Gasteiger partial charge is 0.187 e. The number of rotatable bonds is 6. The van der Waals surface area contributed by atoms with Crippen molar-refractivity contribution in [2.75, 3.05) is 39.6 Å². The molecule has 22 heterocycles. The number of ether oxygens (including phenoxy) is 12. The van der Waals surface area contributed by atoms with Crippen LogP contribution in [0, 0.1) is 0 Å². The summed E-state index contributed by atoms with van der Waals surface area (Å²) in [5, 5.41) is 196. The fraction of sp³-hybridized carbons (Fsp3) is 1.00. The second-order valence-electron chi connectivity index (χ2n) is 16.8. The van der Waals surface area contributed by atoms with Gasteiger partial charge in [-0.1, -0.05) is 0 Å². The molecule has 66 heavy (non-hydrogen) atoms. The summed E-state index contributed by atoms with van der Waals surface area (Å²) in [7, 11) is 0. The van der Waals surface area contributed by atoms with Gasteiger partial charge >= 0.3 is 0 Å². The lowest BCUT2D eigenvalue weighted by molar-refractivity contribution is -0.404. The molecule has 22 aliphatic rings. The molecule has 0 radical (unpaired) electrons. The summed E-state index contributed by atoms with van der Waals surface area (Å²) in [6.45, 7) is -5.99. The van der Waals surface area contributed by atoms with E-state index in [0.29, 0.717) is 0 Å². The maximum atomic E-state index is 11.2. The Balaban J connectivity index is 1.19. The highest BCUT2D eigenvalue weighted by Crippen LogP contribution is 2.38. The van der Waals surface area contributed by atoms with Crippen LogP contribution in [0.4, 0.5) is 0 Å². The standard InChI is InChI=1S/C36H60O30/c37-1-7-25-13(43)19(49)31(55-7)62-26-8(2-38)57-33(21(51)15(26)45)64-28-10(4-40)59-35(23(53)17(28)47)66-30-12(6-42)60-36(24(54)18(30)48)65-29-11(5-41)58-34(22(52)16(29)46)63-27-9(3-39)56-32(61-25)20(50)14(27)44/h7-54H,1-6H2/t7-,8-,9-,10-,11-,12-,13-,14-,15-,16-,17-,18+,19+,20+,21+,22-,23+,24-,25-,26-,27-,28-,29-,30+,31-,32-,33-,34-,35-,36-/m0/s1. The fourth-order valence-electron chi connectivity index (χ4n) is 8.93. The van der Waals surface area contributed by atoms with Crippen molar-refractivity contribution < 1.29 is 149 Å². The molecule has 0 aromatic heterocycles. The molecule has 0 aliphatic carbocycles. The van der Waals surface area contributed by atoms with Crippen molar-refractivity contribution >= 4 is 0 Å². The van der Waals surface area contributed by atoms with Crippen molar-refractivity contribution in [3.8, 4) is 0 Å². The van der Waals surface area contributed by atoms with E-state index in [9.17, 15) is 91.9 Å². The molecule has 0 aromatic carbocycles. The van der Waals surface area contributed by atoms with Crippen LogP contribution in [-0.4, -0.2) is 316 Å². The minimum atomic E-state index is -2.15. The van der Waals surface area contributed by atoms with Gasteiger partial charge in [-0.25, -0.2) is 0 Å². The normalized spacial score (nSPS) is 55.4. The molecule has 12 bridgehead atoms. The van der Waals surface area contributed by atoms with E-state index in [2.05, 4.69) is 0 Å². The third-order valence-electron chi connectivity index (χ3n) is 12.7. The Hall–Kier alpha value is -1.20. The summed E-state index contributed by atoms with van der Waals surface area (Å²) in [5.41, 5.74) is 0. The van der Waals surface area contributed by atoms with Crippen LogP contribution in [0.2, 0.25) is 0 Å². The molecule has 18 N–H and O–H groups in total. The molecular formula is C36H60O30. The van der Waals surface area contributed by atoms with E-state index in [4.69, 9.17) is 56.8 Å². The molecule has 22 rings (SSSR count). The average Bonchev–Trinajstić information content (AvgIpc) is 3.31. The Morgan fingerprint density at radius 1 is 0.182 bits per heavy atom. The van der Waals surface area contributed by atoms with E-state index in [1.165, 1.54) is 0 Å². The zero-order chi connectivity index (χ0) is 48.0. The first-order valence-corrected chi connectivity index (χ1v) is 21.1. The van der Waals surface area contributed by atoms with Crippen LogP contribution in [0.25, 0.3) is 0 Å². The van der Waals surface area contributed by atoms with E-state index in [0.717, 1.165) is 0 Å². The highest BCUT2D eigenvalue weighted by atomic mass is 16.8. The van der Waals surface area contributed by atoms with Gasteiger partial charge in [0, 0.05) is 0 Å².